The van der Waals surface area contributed by atoms with Crippen LogP contribution in [0.25, 0.3) is 0 Å². The van der Waals surface area contributed by atoms with Crippen LogP contribution < -0.4 is 25.4 Å². The van der Waals surface area contributed by atoms with Crippen molar-refractivity contribution in [1.29, 1.82) is 0 Å². The Hall–Kier alpha value is -2.36. The van der Waals surface area contributed by atoms with Crippen LogP contribution in [0.2, 0.25) is 0 Å². The first kappa shape index (κ1) is 29.2. The lowest BCUT2D eigenvalue weighted by Gasteiger charge is -2.32. The average Bonchev–Trinajstić information content (AvgIpc) is 3.35. The summed E-state index contributed by atoms with van der Waals surface area (Å²) in [4.78, 5) is 28.0. The van der Waals surface area contributed by atoms with Gasteiger partial charge in [0.2, 0.25) is 5.91 Å². The Morgan fingerprint density at radius 1 is 1.08 bits per heavy atom. The summed E-state index contributed by atoms with van der Waals surface area (Å²) < 4.78 is 16.4. The lowest BCUT2D eigenvalue weighted by Crippen LogP contribution is -2.49. The van der Waals surface area contributed by atoms with E-state index in [1.54, 1.807) is 32.4 Å². The molecule has 0 aromatic heterocycles. The molecule has 3 rings (SSSR count). The third-order valence-electron chi connectivity index (χ3n) is 7.31. The minimum absolute atomic E-state index is 0.0246. The zero-order valence-electron chi connectivity index (χ0n) is 23.0. The molecule has 0 spiro atoms. The van der Waals surface area contributed by atoms with E-state index in [0.29, 0.717) is 49.4 Å². The highest BCUT2D eigenvalue weighted by atomic mass is 16.5. The summed E-state index contributed by atoms with van der Waals surface area (Å²) in [5.41, 5.74) is 0.568. The fourth-order valence-corrected chi connectivity index (χ4v) is 5.17. The van der Waals surface area contributed by atoms with E-state index in [-0.39, 0.29) is 29.8 Å². The fourth-order valence-electron chi connectivity index (χ4n) is 5.17. The number of carbonyl (C=O) groups excluding carboxylic acids is 2. The Morgan fingerprint density at radius 2 is 1.86 bits per heavy atom. The zero-order valence-corrected chi connectivity index (χ0v) is 23.0. The van der Waals surface area contributed by atoms with E-state index in [1.807, 2.05) is 18.7 Å². The van der Waals surface area contributed by atoms with E-state index >= 15 is 0 Å². The van der Waals surface area contributed by atoms with Gasteiger partial charge in [-0.3, -0.25) is 9.59 Å². The van der Waals surface area contributed by atoms with Gasteiger partial charge in [0.25, 0.3) is 5.91 Å². The second-order valence-corrected chi connectivity index (χ2v) is 10.4. The first-order valence-corrected chi connectivity index (χ1v) is 13.8. The van der Waals surface area contributed by atoms with Crippen molar-refractivity contribution in [2.45, 2.75) is 70.5 Å². The van der Waals surface area contributed by atoms with E-state index < -0.39 is 0 Å². The molecule has 2 atom stereocenters. The molecule has 2 amide bonds. The van der Waals surface area contributed by atoms with Gasteiger partial charge in [-0.15, -0.1) is 0 Å². The number of benzene rings is 1. The van der Waals surface area contributed by atoms with Crippen molar-refractivity contribution in [3.05, 3.63) is 23.8 Å². The number of amides is 2. The molecule has 1 heterocycles. The smallest absolute Gasteiger partial charge is 0.254 e. The van der Waals surface area contributed by atoms with Crippen LogP contribution in [0.5, 0.6) is 11.5 Å². The van der Waals surface area contributed by atoms with E-state index in [2.05, 4.69) is 16.0 Å². The van der Waals surface area contributed by atoms with Crippen molar-refractivity contribution in [2.75, 3.05) is 53.6 Å². The van der Waals surface area contributed by atoms with Gasteiger partial charge in [-0.2, -0.15) is 0 Å². The van der Waals surface area contributed by atoms with Crippen molar-refractivity contribution < 1.29 is 23.8 Å². The van der Waals surface area contributed by atoms with Crippen molar-refractivity contribution in [3.8, 4) is 11.5 Å². The Bertz CT molecular complexity index is 859. The van der Waals surface area contributed by atoms with Crippen LogP contribution in [0, 0.1) is 5.92 Å². The Balaban J connectivity index is 1.59. The molecule has 3 N–H and O–H groups in total. The molecule has 0 radical (unpaired) electrons. The Morgan fingerprint density at radius 3 is 2.57 bits per heavy atom. The van der Waals surface area contributed by atoms with Crippen LogP contribution in [-0.2, 0) is 9.53 Å². The van der Waals surface area contributed by atoms with Crippen molar-refractivity contribution in [1.82, 2.24) is 20.9 Å². The third-order valence-corrected chi connectivity index (χ3v) is 7.31. The van der Waals surface area contributed by atoms with Gasteiger partial charge in [0.1, 0.15) is 0 Å². The number of carbonyl (C=O) groups is 2. The van der Waals surface area contributed by atoms with Gasteiger partial charge in [0.15, 0.2) is 11.5 Å². The second-order valence-electron chi connectivity index (χ2n) is 10.4. The van der Waals surface area contributed by atoms with Crippen molar-refractivity contribution in [3.63, 3.8) is 0 Å². The predicted molar refractivity (Wildman–Crippen MR) is 144 cm³/mol. The van der Waals surface area contributed by atoms with E-state index in [0.717, 1.165) is 32.4 Å². The number of methoxy groups -OCH3 is 2. The van der Waals surface area contributed by atoms with Gasteiger partial charge in [-0.1, -0.05) is 19.3 Å². The van der Waals surface area contributed by atoms with Crippen LogP contribution in [0.1, 0.15) is 62.7 Å². The molecule has 9 heteroatoms. The highest BCUT2D eigenvalue weighted by Crippen LogP contribution is 2.29. The molecular weight excluding hydrogens is 472 g/mol. The number of rotatable bonds is 14. The minimum atomic E-state index is -0.0416. The average molecular weight is 519 g/mol. The number of nitrogens with zero attached hydrogens (tertiary/aromatic N) is 1. The Kier molecular flexibility index (Phi) is 12.0. The largest absolute Gasteiger partial charge is 0.493 e. The maximum Gasteiger partial charge on any atom is 0.254 e. The molecule has 1 saturated carbocycles. The van der Waals surface area contributed by atoms with Crippen LogP contribution in [0.4, 0.5) is 0 Å². The number of hydrogen-bond acceptors (Lipinski definition) is 7. The summed E-state index contributed by atoms with van der Waals surface area (Å²) in [5.74, 6) is 1.38. The SMILES string of the molecule is COCCCOc1cc(C(=O)N(C[C@@H]2CNC[C@H]2NCC(=O)NC2CCCCC2)C(C)C)ccc1OC. The van der Waals surface area contributed by atoms with E-state index in [1.165, 1.54) is 19.3 Å². The molecule has 0 unspecified atom stereocenters. The topological polar surface area (TPSA) is 101 Å². The quantitative estimate of drug-likeness (QED) is 0.326. The van der Waals surface area contributed by atoms with Gasteiger partial charge in [0, 0.05) is 69.4 Å². The molecule has 1 aromatic rings. The zero-order chi connectivity index (χ0) is 26.6. The maximum absolute atomic E-state index is 13.6. The molecule has 0 bridgehead atoms. The van der Waals surface area contributed by atoms with Crippen LogP contribution >= 0.6 is 0 Å². The van der Waals surface area contributed by atoms with Gasteiger partial charge in [-0.25, -0.2) is 0 Å². The first-order chi connectivity index (χ1) is 17.9. The van der Waals surface area contributed by atoms with Crippen molar-refractivity contribution >= 4 is 11.8 Å². The Labute approximate surface area is 222 Å². The fraction of sp³-hybridized carbons (Fsp3) is 0.714. The monoisotopic (exact) mass is 518 g/mol. The highest BCUT2D eigenvalue weighted by molar-refractivity contribution is 5.95. The first-order valence-electron chi connectivity index (χ1n) is 13.8. The maximum atomic E-state index is 13.6. The molecule has 1 aliphatic carbocycles. The standard InChI is InChI=1S/C28H46N4O5/c1-20(2)32(28(34)21-11-12-25(36-4)26(15-21)37-14-8-13-35-3)19-22-16-29-17-24(22)30-18-27(33)31-23-9-6-5-7-10-23/h11-12,15,20,22-24,29-30H,5-10,13-14,16-19H2,1-4H3,(H,31,33)/t22-,24+/m0/s1. The molecule has 1 saturated heterocycles. The van der Waals surface area contributed by atoms with Gasteiger partial charge < -0.3 is 35.1 Å². The van der Waals surface area contributed by atoms with Crippen LogP contribution in [0.15, 0.2) is 18.2 Å². The highest BCUT2D eigenvalue weighted by Gasteiger charge is 2.32. The lowest BCUT2D eigenvalue weighted by molar-refractivity contribution is -0.121. The normalized spacial score (nSPS) is 20.1. The molecule has 1 aromatic carbocycles. The summed E-state index contributed by atoms with van der Waals surface area (Å²) in [7, 11) is 3.25. The van der Waals surface area contributed by atoms with Crippen LogP contribution in [-0.4, -0.2) is 88.5 Å². The van der Waals surface area contributed by atoms with Gasteiger partial charge in [0.05, 0.1) is 20.3 Å². The summed E-state index contributed by atoms with van der Waals surface area (Å²) in [6.45, 7) is 7.63. The number of hydrogen-bond donors (Lipinski definition) is 3. The van der Waals surface area contributed by atoms with E-state index in [9.17, 15) is 9.59 Å². The molecular formula is C28H46N4O5. The molecule has 208 valence electrons. The number of ether oxygens (including phenoxy) is 3. The number of nitrogens with one attached hydrogen (secondary N) is 3. The van der Waals surface area contributed by atoms with Gasteiger partial charge >= 0.3 is 0 Å². The minimum Gasteiger partial charge on any atom is -0.493 e. The predicted octanol–water partition coefficient (Wildman–Crippen LogP) is 2.59. The summed E-state index contributed by atoms with van der Waals surface area (Å²) in [6.07, 6.45) is 6.57. The lowest BCUT2D eigenvalue weighted by atomic mass is 9.95. The van der Waals surface area contributed by atoms with Crippen molar-refractivity contribution in [2.24, 2.45) is 5.92 Å². The van der Waals surface area contributed by atoms with Crippen LogP contribution in [0.3, 0.4) is 0 Å². The summed E-state index contributed by atoms with van der Waals surface area (Å²) >= 11 is 0. The third kappa shape index (κ3) is 8.86. The summed E-state index contributed by atoms with van der Waals surface area (Å²) in [5, 5.41) is 10.0. The molecule has 1 aliphatic heterocycles. The summed E-state index contributed by atoms with van der Waals surface area (Å²) in [6, 6.07) is 5.80. The molecule has 2 fully saturated rings. The molecule has 2 aliphatic rings. The van der Waals surface area contributed by atoms with E-state index in [4.69, 9.17) is 14.2 Å². The molecule has 9 nitrogen and oxygen atoms in total. The second kappa shape index (κ2) is 15.1. The molecule has 37 heavy (non-hydrogen) atoms. The van der Waals surface area contributed by atoms with Gasteiger partial charge in [-0.05, 0) is 44.9 Å².